The van der Waals surface area contributed by atoms with Gasteiger partial charge in [-0.1, -0.05) is 0 Å². The number of carbonyl (C=O) groups excluding carboxylic acids is 1. The van der Waals surface area contributed by atoms with Crippen LogP contribution in [0.5, 0.6) is 0 Å². The Morgan fingerprint density at radius 3 is 2.16 bits per heavy atom. The van der Waals surface area contributed by atoms with E-state index in [0.717, 1.165) is 12.8 Å². The third-order valence-corrected chi connectivity index (χ3v) is 3.75. The summed E-state index contributed by atoms with van der Waals surface area (Å²) in [6, 6.07) is 0.158. The van der Waals surface area contributed by atoms with Crippen molar-refractivity contribution in [3.8, 4) is 0 Å². The second kappa shape index (κ2) is 4.90. The number of hydrogen-bond acceptors (Lipinski definition) is 3. The second-order valence-electron chi connectivity index (χ2n) is 6.35. The Bertz CT molecular complexity index is 363. The Balaban J connectivity index is 1.79. The maximum atomic E-state index is 11.7. The van der Waals surface area contributed by atoms with E-state index >= 15 is 0 Å². The predicted molar refractivity (Wildman–Crippen MR) is 69.0 cm³/mol. The maximum absolute atomic E-state index is 11.7. The fourth-order valence-electron chi connectivity index (χ4n) is 2.80. The first-order valence-corrected chi connectivity index (χ1v) is 6.75. The van der Waals surface area contributed by atoms with Gasteiger partial charge < -0.3 is 20.1 Å². The molecule has 19 heavy (non-hydrogen) atoms. The number of carbonyl (C=O) groups is 2. The molecule has 0 radical (unpaired) electrons. The summed E-state index contributed by atoms with van der Waals surface area (Å²) in [7, 11) is 0. The van der Waals surface area contributed by atoms with Gasteiger partial charge in [-0.25, -0.2) is 9.59 Å². The quantitative estimate of drug-likeness (QED) is 0.762. The Morgan fingerprint density at radius 2 is 1.74 bits per heavy atom. The van der Waals surface area contributed by atoms with Gasteiger partial charge in [-0.05, 0) is 45.4 Å². The van der Waals surface area contributed by atoms with Gasteiger partial charge in [0.25, 0.3) is 0 Å². The van der Waals surface area contributed by atoms with Gasteiger partial charge in [0.15, 0.2) is 0 Å². The number of alkyl carbamates (subject to hydrolysis) is 1. The zero-order valence-electron chi connectivity index (χ0n) is 11.7. The summed E-state index contributed by atoms with van der Waals surface area (Å²) in [6.45, 7) is 6.62. The first kappa shape index (κ1) is 14.0. The van der Waals surface area contributed by atoms with Gasteiger partial charge in [-0.15, -0.1) is 0 Å². The first-order chi connectivity index (χ1) is 8.78. The van der Waals surface area contributed by atoms with Crippen LogP contribution in [0, 0.1) is 11.8 Å². The summed E-state index contributed by atoms with van der Waals surface area (Å²) in [4.78, 5) is 24.0. The molecule has 0 aromatic carbocycles. The van der Waals surface area contributed by atoms with Crippen LogP contribution in [0.15, 0.2) is 0 Å². The number of ether oxygens (including phenoxy) is 1. The minimum Gasteiger partial charge on any atom is -0.465 e. The first-order valence-electron chi connectivity index (χ1n) is 6.75. The number of nitrogens with zero attached hydrogens (tertiary/aromatic N) is 1. The molecule has 1 aliphatic carbocycles. The summed E-state index contributed by atoms with van der Waals surface area (Å²) in [5.41, 5.74) is -0.485. The highest BCUT2D eigenvalue weighted by molar-refractivity contribution is 5.69. The molecule has 1 heterocycles. The normalized spacial score (nSPS) is 30.1. The van der Waals surface area contributed by atoms with Crippen molar-refractivity contribution in [2.24, 2.45) is 11.8 Å². The number of likely N-dealkylation sites (tertiary alicyclic amines) is 1. The van der Waals surface area contributed by atoms with Crippen LogP contribution in [-0.2, 0) is 4.74 Å². The molecule has 2 fully saturated rings. The molecule has 6 nitrogen and oxygen atoms in total. The molecule has 2 aliphatic rings. The lowest BCUT2D eigenvalue weighted by Gasteiger charge is -2.21. The largest absolute Gasteiger partial charge is 0.465 e. The highest BCUT2D eigenvalue weighted by Gasteiger charge is 2.52. The highest BCUT2D eigenvalue weighted by Crippen LogP contribution is 2.46. The molecule has 108 valence electrons. The molecule has 6 heteroatoms. The molecule has 0 spiro atoms. The average Bonchev–Trinajstić information content (AvgIpc) is 2.91. The molecule has 0 bridgehead atoms. The van der Waals surface area contributed by atoms with Gasteiger partial charge in [0.2, 0.25) is 0 Å². The molecule has 2 atom stereocenters. The standard InChI is InChI=1S/C13H22N2O4/c1-13(2,3)19-11(16)14-10-8-4-6-15(12(17)18)7-5-9(8)10/h8-10H,4-7H2,1-3H3,(H,14,16)(H,17,18). The van der Waals surface area contributed by atoms with E-state index in [1.807, 2.05) is 20.8 Å². The van der Waals surface area contributed by atoms with Crippen LogP contribution in [0.1, 0.15) is 33.6 Å². The molecule has 1 saturated heterocycles. The molecule has 2 unspecified atom stereocenters. The van der Waals surface area contributed by atoms with Crippen LogP contribution in [0.2, 0.25) is 0 Å². The van der Waals surface area contributed by atoms with E-state index in [1.165, 1.54) is 4.90 Å². The Morgan fingerprint density at radius 1 is 1.21 bits per heavy atom. The van der Waals surface area contributed by atoms with Crippen molar-refractivity contribution in [2.75, 3.05) is 13.1 Å². The van der Waals surface area contributed by atoms with Gasteiger partial charge in [-0.3, -0.25) is 0 Å². The zero-order chi connectivity index (χ0) is 14.2. The number of hydrogen-bond donors (Lipinski definition) is 2. The number of amides is 2. The van der Waals surface area contributed by atoms with E-state index in [2.05, 4.69) is 5.32 Å². The van der Waals surface area contributed by atoms with Crippen molar-refractivity contribution in [2.45, 2.75) is 45.3 Å². The fraction of sp³-hybridized carbons (Fsp3) is 0.846. The van der Waals surface area contributed by atoms with Crippen LogP contribution in [0.4, 0.5) is 9.59 Å². The van der Waals surface area contributed by atoms with Crippen LogP contribution >= 0.6 is 0 Å². The molecule has 2 amide bonds. The van der Waals surface area contributed by atoms with Gasteiger partial charge in [0, 0.05) is 19.1 Å². The van der Waals surface area contributed by atoms with E-state index in [9.17, 15) is 9.59 Å². The van der Waals surface area contributed by atoms with Crippen LogP contribution in [-0.4, -0.2) is 46.9 Å². The maximum Gasteiger partial charge on any atom is 0.407 e. The van der Waals surface area contributed by atoms with Gasteiger partial charge in [-0.2, -0.15) is 0 Å². The van der Waals surface area contributed by atoms with Gasteiger partial charge in [0.05, 0.1) is 0 Å². The lowest BCUT2D eigenvalue weighted by Crippen LogP contribution is -2.36. The second-order valence-corrected chi connectivity index (χ2v) is 6.35. The summed E-state index contributed by atoms with van der Waals surface area (Å²) in [5, 5.41) is 11.8. The third kappa shape index (κ3) is 3.52. The predicted octanol–water partition coefficient (Wildman–Crippen LogP) is 1.90. The van der Waals surface area contributed by atoms with Crippen molar-refractivity contribution >= 4 is 12.2 Å². The van der Waals surface area contributed by atoms with Crippen molar-refractivity contribution in [1.29, 1.82) is 0 Å². The summed E-state index contributed by atoms with van der Waals surface area (Å²) >= 11 is 0. The van der Waals surface area contributed by atoms with Crippen molar-refractivity contribution in [3.05, 3.63) is 0 Å². The van der Waals surface area contributed by atoms with E-state index in [-0.39, 0.29) is 12.1 Å². The number of nitrogens with one attached hydrogen (secondary N) is 1. The number of carboxylic acid groups (broad SMARTS) is 1. The van der Waals surface area contributed by atoms with Crippen LogP contribution in [0.3, 0.4) is 0 Å². The monoisotopic (exact) mass is 270 g/mol. The van der Waals surface area contributed by atoms with E-state index in [1.54, 1.807) is 0 Å². The Kier molecular flexibility index (Phi) is 3.60. The Labute approximate surface area is 113 Å². The molecule has 2 rings (SSSR count). The average molecular weight is 270 g/mol. The summed E-state index contributed by atoms with van der Waals surface area (Å²) in [5.74, 6) is 0.800. The lowest BCUT2D eigenvalue weighted by atomic mass is 10.2. The highest BCUT2D eigenvalue weighted by atomic mass is 16.6. The molecule has 2 N–H and O–H groups in total. The van der Waals surface area contributed by atoms with Gasteiger partial charge in [0.1, 0.15) is 5.60 Å². The lowest BCUT2D eigenvalue weighted by molar-refractivity contribution is 0.0516. The van der Waals surface area contributed by atoms with Crippen molar-refractivity contribution < 1.29 is 19.4 Å². The van der Waals surface area contributed by atoms with Crippen molar-refractivity contribution in [1.82, 2.24) is 10.2 Å². The molecule has 0 aromatic rings. The van der Waals surface area contributed by atoms with Crippen molar-refractivity contribution in [3.63, 3.8) is 0 Å². The summed E-state index contributed by atoms with van der Waals surface area (Å²) in [6.07, 6.45) is 0.410. The third-order valence-electron chi connectivity index (χ3n) is 3.75. The number of fused-ring (bicyclic) bond motifs is 1. The number of rotatable bonds is 1. The van der Waals surface area contributed by atoms with E-state index in [0.29, 0.717) is 24.9 Å². The topological polar surface area (TPSA) is 78.9 Å². The molecule has 1 aliphatic heterocycles. The van der Waals surface area contributed by atoms with Crippen LogP contribution in [0.25, 0.3) is 0 Å². The molecule has 0 aromatic heterocycles. The van der Waals surface area contributed by atoms with Gasteiger partial charge >= 0.3 is 12.2 Å². The summed E-state index contributed by atoms with van der Waals surface area (Å²) < 4.78 is 5.23. The fourth-order valence-corrected chi connectivity index (χ4v) is 2.80. The molecular weight excluding hydrogens is 248 g/mol. The Hall–Kier alpha value is -1.46. The minimum absolute atomic E-state index is 0.158. The van der Waals surface area contributed by atoms with E-state index < -0.39 is 11.7 Å². The zero-order valence-corrected chi connectivity index (χ0v) is 11.7. The SMILES string of the molecule is CC(C)(C)OC(=O)NC1C2CCN(C(=O)O)CCC21. The van der Waals surface area contributed by atoms with Crippen LogP contribution < -0.4 is 5.32 Å². The molecular formula is C13H22N2O4. The van der Waals surface area contributed by atoms with E-state index in [4.69, 9.17) is 9.84 Å². The minimum atomic E-state index is -0.849. The smallest absolute Gasteiger partial charge is 0.407 e. The molecule has 1 saturated carbocycles.